The topological polar surface area (TPSA) is 130 Å². The van der Waals surface area contributed by atoms with Gasteiger partial charge >= 0.3 is 0 Å². The van der Waals surface area contributed by atoms with Gasteiger partial charge in [0.05, 0.1) is 21.9 Å². The van der Waals surface area contributed by atoms with E-state index in [0.29, 0.717) is 23.7 Å². The average molecular weight is 635 g/mol. The van der Waals surface area contributed by atoms with E-state index in [0.717, 1.165) is 56.7 Å². The van der Waals surface area contributed by atoms with Crippen molar-refractivity contribution in [2.75, 3.05) is 45.9 Å². The maximum atomic E-state index is 11.8. The van der Waals surface area contributed by atoms with Crippen LogP contribution in [0.1, 0.15) is 76.3 Å². The van der Waals surface area contributed by atoms with Gasteiger partial charge in [-0.15, -0.1) is 0 Å². The second-order valence-electron chi connectivity index (χ2n) is 13.9. The number of aldehydes is 1. The van der Waals surface area contributed by atoms with Gasteiger partial charge in [-0.1, -0.05) is 76.6 Å². The summed E-state index contributed by atoms with van der Waals surface area (Å²) in [6.45, 7) is 10.7. The van der Waals surface area contributed by atoms with Crippen LogP contribution in [0.15, 0.2) is 48.5 Å². The fraction of sp³-hybridized carbons (Fsp3) is 0.639. The van der Waals surface area contributed by atoms with Crippen LogP contribution >= 0.6 is 0 Å². The third-order valence-electron chi connectivity index (χ3n) is 11.4. The van der Waals surface area contributed by atoms with Crippen molar-refractivity contribution in [2.45, 2.75) is 76.0 Å². The van der Waals surface area contributed by atoms with Gasteiger partial charge in [-0.2, -0.15) is 0 Å². The largest absolute Gasteiger partial charge is 0.395 e. The van der Waals surface area contributed by atoms with Crippen molar-refractivity contribution < 1.29 is 19.7 Å². The van der Waals surface area contributed by atoms with Gasteiger partial charge in [-0.05, 0) is 60.7 Å². The normalized spacial score (nSPS) is 29.4. The summed E-state index contributed by atoms with van der Waals surface area (Å²) in [7, 11) is 0. The molecule has 0 amide bonds. The van der Waals surface area contributed by atoms with Gasteiger partial charge in [-0.3, -0.25) is 20.2 Å². The zero-order chi connectivity index (χ0) is 32.9. The molecule has 2 aromatic rings. The highest BCUT2D eigenvalue weighted by molar-refractivity contribution is 5.77. The number of piperidine rings is 2. The quantitative estimate of drug-likeness (QED) is 0.101. The highest BCUT2D eigenvalue weighted by Gasteiger charge is 2.69. The first-order valence-corrected chi connectivity index (χ1v) is 17.3. The molecule has 2 saturated heterocycles. The second kappa shape index (κ2) is 14.7. The number of nitro groups is 2. The van der Waals surface area contributed by atoms with E-state index in [9.17, 15) is 30.1 Å². The van der Waals surface area contributed by atoms with E-state index in [2.05, 4.69) is 23.6 Å². The number of aliphatic hydroxyl groups excluding tert-OH is 1. The Labute approximate surface area is 272 Å². The van der Waals surface area contributed by atoms with Crippen molar-refractivity contribution in [3.63, 3.8) is 0 Å². The molecule has 4 unspecified atom stereocenters. The van der Waals surface area contributed by atoms with Crippen LogP contribution in [0.4, 0.5) is 11.4 Å². The molecule has 0 spiro atoms. The third-order valence-corrected chi connectivity index (χ3v) is 11.4. The standard InChI is InChI=1S/C18H26N2O3.C18H24N2O3/c2*1-2-3-4-5-9-19-11-16-17(12-19)18(16,13-21)14-7-6-8-15(10-14)20(22)23/h6-8,10,16-17,21H,2-5,9,11-13H2,1H3;6-8,10,13,16-17H,2-5,9,11-12H2,1H3. The van der Waals surface area contributed by atoms with Crippen LogP contribution in [0.25, 0.3) is 0 Å². The summed E-state index contributed by atoms with van der Waals surface area (Å²) in [6.07, 6.45) is 11.1. The number of likely N-dealkylation sites (tertiary alicyclic amines) is 2. The summed E-state index contributed by atoms with van der Waals surface area (Å²) in [6, 6.07) is 13.5. The molecular formula is C36H50N4O6. The van der Waals surface area contributed by atoms with Crippen molar-refractivity contribution in [1.82, 2.24) is 9.80 Å². The molecule has 4 fully saturated rings. The maximum Gasteiger partial charge on any atom is 0.269 e. The number of rotatable bonds is 16. The number of nitro benzene ring substituents is 2. The van der Waals surface area contributed by atoms with Crippen molar-refractivity contribution in [2.24, 2.45) is 23.7 Å². The third kappa shape index (κ3) is 6.62. The molecule has 10 nitrogen and oxygen atoms in total. The number of non-ortho nitro benzene ring substituents is 2. The van der Waals surface area contributed by atoms with E-state index >= 15 is 0 Å². The second-order valence-corrected chi connectivity index (χ2v) is 13.9. The zero-order valence-electron chi connectivity index (χ0n) is 27.4. The molecule has 250 valence electrons. The number of hydrogen-bond donors (Lipinski definition) is 1. The Kier molecular flexibility index (Phi) is 10.9. The number of carbonyl (C=O) groups is 1. The molecule has 1 N–H and O–H groups in total. The predicted octanol–water partition coefficient (Wildman–Crippen LogP) is 6.14. The molecule has 2 aromatic carbocycles. The number of fused-ring (bicyclic) bond motifs is 2. The maximum absolute atomic E-state index is 11.8. The van der Waals surface area contributed by atoms with Crippen LogP contribution in [0.3, 0.4) is 0 Å². The summed E-state index contributed by atoms with van der Waals surface area (Å²) < 4.78 is 0. The lowest BCUT2D eigenvalue weighted by Crippen LogP contribution is -2.33. The first-order valence-electron chi connectivity index (χ1n) is 17.3. The Bertz CT molecular complexity index is 1360. The van der Waals surface area contributed by atoms with Crippen LogP contribution in [-0.2, 0) is 15.6 Å². The van der Waals surface area contributed by atoms with E-state index in [1.165, 1.54) is 63.5 Å². The Morgan fingerprint density at radius 2 is 1.20 bits per heavy atom. The van der Waals surface area contributed by atoms with Crippen molar-refractivity contribution in [3.05, 3.63) is 79.9 Å². The first-order chi connectivity index (χ1) is 22.3. The van der Waals surface area contributed by atoms with Crippen LogP contribution in [-0.4, -0.2) is 76.9 Å². The summed E-state index contributed by atoms with van der Waals surface area (Å²) in [4.78, 5) is 38.0. The highest BCUT2D eigenvalue weighted by Crippen LogP contribution is 2.64. The summed E-state index contributed by atoms with van der Waals surface area (Å²) in [5.74, 6) is 1.54. The van der Waals surface area contributed by atoms with Crippen molar-refractivity contribution >= 4 is 17.7 Å². The summed E-state index contributed by atoms with van der Waals surface area (Å²) >= 11 is 0. The average Bonchev–Trinajstić information content (AvgIpc) is 3.65. The molecule has 4 aliphatic rings. The molecule has 6 rings (SSSR count). The number of unbranched alkanes of at least 4 members (excludes halogenated alkanes) is 6. The van der Waals surface area contributed by atoms with Crippen LogP contribution in [0.2, 0.25) is 0 Å². The van der Waals surface area contributed by atoms with Gasteiger partial charge in [0, 0.05) is 55.9 Å². The molecule has 2 aliphatic carbocycles. The molecular weight excluding hydrogens is 584 g/mol. The van der Waals surface area contributed by atoms with E-state index in [1.54, 1.807) is 24.3 Å². The number of benzene rings is 2. The lowest BCUT2D eigenvalue weighted by molar-refractivity contribution is -0.385. The summed E-state index contributed by atoms with van der Waals surface area (Å²) in [5.41, 5.74) is 1.23. The SMILES string of the molecule is CCCCCCN1CC2C(C1)C2(C=O)c1cccc([N+](=O)[O-])c1.CCCCCCN1CC2C(C1)C2(CO)c1cccc([N+](=O)[O-])c1. The number of aliphatic hydroxyl groups is 1. The van der Waals surface area contributed by atoms with Gasteiger partial charge in [-0.25, -0.2) is 0 Å². The molecule has 4 atom stereocenters. The van der Waals surface area contributed by atoms with Crippen LogP contribution in [0.5, 0.6) is 0 Å². The van der Waals surface area contributed by atoms with E-state index in [1.807, 2.05) is 12.1 Å². The minimum Gasteiger partial charge on any atom is -0.395 e. The Morgan fingerprint density at radius 3 is 1.63 bits per heavy atom. The van der Waals surface area contributed by atoms with Gasteiger partial charge in [0.1, 0.15) is 6.29 Å². The van der Waals surface area contributed by atoms with Crippen LogP contribution in [0, 0.1) is 43.9 Å². The van der Waals surface area contributed by atoms with Crippen molar-refractivity contribution in [1.29, 1.82) is 0 Å². The van der Waals surface area contributed by atoms with Gasteiger partial charge < -0.3 is 19.7 Å². The minimum absolute atomic E-state index is 0.0742. The number of nitrogens with zero attached hydrogens (tertiary/aromatic N) is 4. The fourth-order valence-electron chi connectivity index (χ4n) is 8.68. The highest BCUT2D eigenvalue weighted by atomic mass is 16.6. The monoisotopic (exact) mass is 634 g/mol. The van der Waals surface area contributed by atoms with E-state index in [-0.39, 0.29) is 33.2 Å². The number of hydrogen-bond acceptors (Lipinski definition) is 8. The predicted molar refractivity (Wildman–Crippen MR) is 178 cm³/mol. The van der Waals surface area contributed by atoms with Crippen LogP contribution < -0.4 is 0 Å². The van der Waals surface area contributed by atoms with E-state index in [4.69, 9.17) is 0 Å². The van der Waals surface area contributed by atoms with Gasteiger partial charge in [0.25, 0.3) is 11.4 Å². The van der Waals surface area contributed by atoms with E-state index < -0.39 is 5.41 Å². The zero-order valence-corrected chi connectivity index (χ0v) is 27.4. The van der Waals surface area contributed by atoms with Gasteiger partial charge in [0.2, 0.25) is 0 Å². The smallest absolute Gasteiger partial charge is 0.269 e. The lowest BCUT2D eigenvalue weighted by atomic mass is 9.90. The molecule has 10 heteroatoms. The molecule has 0 bridgehead atoms. The fourth-order valence-corrected chi connectivity index (χ4v) is 8.68. The molecule has 2 saturated carbocycles. The lowest BCUT2D eigenvalue weighted by Gasteiger charge is -2.25. The first kappa shape index (κ1) is 34.1. The van der Waals surface area contributed by atoms with Crippen molar-refractivity contribution in [3.8, 4) is 0 Å². The molecule has 2 aliphatic heterocycles. The number of carbonyl (C=O) groups excluding carboxylic acids is 1. The summed E-state index contributed by atoms with van der Waals surface area (Å²) in [5, 5.41) is 32.0. The molecule has 0 aromatic heterocycles. The Balaban J connectivity index is 0.000000181. The van der Waals surface area contributed by atoms with Gasteiger partial charge in [0.15, 0.2) is 0 Å². The molecule has 46 heavy (non-hydrogen) atoms. The minimum atomic E-state index is -0.480. The molecule has 0 radical (unpaired) electrons. The Hall–Kier alpha value is -3.21. The Morgan fingerprint density at radius 1 is 0.739 bits per heavy atom. The molecule has 2 heterocycles.